The van der Waals surface area contributed by atoms with E-state index in [9.17, 15) is 13.2 Å². The largest absolute Gasteiger partial charge is 0.480 e. The average molecular weight is 276 g/mol. The third-order valence-electron chi connectivity index (χ3n) is 2.41. The minimum atomic E-state index is -3.93. The number of nitrogens with one attached hydrogen (secondary N) is 1. The molecule has 102 valence electrons. The molecular weight excluding hydrogens is 260 g/mol. The monoisotopic (exact) mass is 276 g/mol. The molecular formula is C10H16N2O5S. The predicted octanol–water partition coefficient (Wildman–Crippen LogP) is 0.823. The van der Waals surface area contributed by atoms with Crippen molar-refractivity contribution in [3.63, 3.8) is 0 Å². The van der Waals surface area contributed by atoms with Crippen molar-refractivity contribution in [1.82, 2.24) is 9.88 Å². The maximum atomic E-state index is 12.1. The average Bonchev–Trinajstić information content (AvgIpc) is 2.58. The number of carboxylic acids is 1. The zero-order valence-corrected chi connectivity index (χ0v) is 11.2. The smallest absolute Gasteiger partial charge is 0.321 e. The van der Waals surface area contributed by atoms with Crippen LogP contribution in [0.4, 0.5) is 0 Å². The quantitative estimate of drug-likeness (QED) is 0.796. The lowest BCUT2D eigenvalue weighted by Gasteiger charge is -2.13. The molecule has 0 saturated carbocycles. The first kappa shape index (κ1) is 14.7. The molecule has 0 aliphatic carbocycles. The standard InChI is InChI=1S/C10H16N2O5S/c1-4-5-8(10(13)14)12-18(15,16)9-6(2)11-17-7(9)3/h8,12H,4-5H2,1-3H3,(H,13,14)/t8-/m1/s1. The Morgan fingerprint density at radius 2 is 2.11 bits per heavy atom. The number of sulfonamides is 1. The van der Waals surface area contributed by atoms with Crippen LogP contribution in [0.15, 0.2) is 9.42 Å². The van der Waals surface area contributed by atoms with Gasteiger partial charge in [0.2, 0.25) is 10.0 Å². The Morgan fingerprint density at radius 1 is 1.50 bits per heavy atom. The van der Waals surface area contributed by atoms with Crippen LogP contribution in [-0.4, -0.2) is 30.7 Å². The minimum absolute atomic E-state index is 0.0927. The lowest BCUT2D eigenvalue weighted by atomic mass is 10.2. The molecule has 0 bridgehead atoms. The van der Waals surface area contributed by atoms with E-state index in [-0.39, 0.29) is 22.8 Å². The van der Waals surface area contributed by atoms with E-state index in [2.05, 4.69) is 9.88 Å². The summed E-state index contributed by atoms with van der Waals surface area (Å²) in [7, 11) is -3.93. The van der Waals surface area contributed by atoms with Crippen molar-refractivity contribution in [2.45, 2.75) is 44.6 Å². The molecule has 0 amide bonds. The second-order valence-electron chi connectivity index (χ2n) is 3.95. The SMILES string of the molecule is CCC[C@@H](NS(=O)(=O)c1c(C)noc1C)C(=O)O. The van der Waals surface area contributed by atoms with Gasteiger partial charge in [0.05, 0.1) is 0 Å². The summed E-state index contributed by atoms with van der Waals surface area (Å²) in [6.07, 6.45) is 0.777. The number of nitrogens with zero attached hydrogens (tertiary/aromatic N) is 1. The number of hydrogen-bond acceptors (Lipinski definition) is 5. The first-order chi connectivity index (χ1) is 8.29. The lowest BCUT2D eigenvalue weighted by Crippen LogP contribution is -2.40. The number of rotatable bonds is 6. The fourth-order valence-corrected chi connectivity index (χ4v) is 3.18. The van der Waals surface area contributed by atoms with Crippen molar-refractivity contribution in [3.8, 4) is 0 Å². The van der Waals surface area contributed by atoms with Gasteiger partial charge in [-0.05, 0) is 20.3 Å². The molecule has 0 saturated heterocycles. The molecule has 0 spiro atoms. The van der Waals surface area contributed by atoms with Gasteiger partial charge in [-0.25, -0.2) is 8.42 Å². The molecule has 0 radical (unpaired) electrons. The minimum Gasteiger partial charge on any atom is -0.480 e. The number of aromatic nitrogens is 1. The highest BCUT2D eigenvalue weighted by Crippen LogP contribution is 2.19. The summed E-state index contributed by atoms with van der Waals surface area (Å²) >= 11 is 0. The second kappa shape index (κ2) is 5.49. The van der Waals surface area contributed by atoms with Crippen LogP contribution in [0.2, 0.25) is 0 Å². The maximum Gasteiger partial charge on any atom is 0.321 e. The van der Waals surface area contributed by atoms with Crippen molar-refractivity contribution >= 4 is 16.0 Å². The second-order valence-corrected chi connectivity index (χ2v) is 5.60. The molecule has 0 unspecified atom stereocenters. The molecule has 7 nitrogen and oxygen atoms in total. The highest BCUT2D eigenvalue weighted by molar-refractivity contribution is 7.89. The van der Waals surface area contributed by atoms with Gasteiger partial charge in [0.15, 0.2) is 5.76 Å². The van der Waals surface area contributed by atoms with Gasteiger partial charge in [-0.1, -0.05) is 18.5 Å². The number of carboxylic acid groups (broad SMARTS) is 1. The topological polar surface area (TPSA) is 110 Å². The van der Waals surface area contributed by atoms with Crippen molar-refractivity contribution in [3.05, 3.63) is 11.5 Å². The van der Waals surface area contributed by atoms with E-state index in [4.69, 9.17) is 9.63 Å². The van der Waals surface area contributed by atoms with Crippen molar-refractivity contribution in [2.24, 2.45) is 0 Å². The lowest BCUT2D eigenvalue weighted by molar-refractivity contribution is -0.139. The van der Waals surface area contributed by atoms with Crippen LogP contribution >= 0.6 is 0 Å². The Balaban J connectivity index is 3.05. The third-order valence-corrected chi connectivity index (χ3v) is 4.12. The van der Waals surface area contributed by atoms with E-state index in [1.54, 1.807) is 6.92 Å². The highest BCUT2D eigenvalue weighted by atomic mass is 32.2. The fourth-order valence-electron chi connectivity index (χ4n) is 1.63. The van der Waals surface area contributed by atoms with E-state index in [1.807, 2.05) is 0 Å². The Morgan fingerprint density at radius 3 is 2.50 bits per heavy atom. The molecule has 1 aromatic heterocycles. The molecule has 1 heterocycles. The summed E-state index contributed by atoms with van der Waals surface area (Å²) in [6, 6.07) is -1.14. The van der Waals surface area contributed by atoms with Crippen molar-refractivity contribution in [1.29, 1.82) is 0 Å². The van der Waals surface area contributed by atoms with Gasteiger partial charge >= 0.3 is 5.97 Å². The highest BCUT2D eigenvalue weighted by Gasteiger charge is 2.29. The molecule has 1 rings (SSSR count). The zero-order valence-electron chi connectivity index (χ0n) is 10.4. The van der Waals surface area contributed by atoms with Gasteiger partial charge in [0.1, 0.15) is 16.6 Å². The number of hydrogen-bond donors (Lipinski definition) is 2. The summed E-state index contributed by atoms with van der Waals surface area (Å²) in [6.45, 7) is 4.73. The van der Waals surface area contributed by atoms with Crippen LogP contribution in [0.5, 0.6) is 0 Å². The van der Waals surface area contributed by atoms with Crippen molar-refractivity contribution in [2.75, 3.05) is 0 Å². The van der Waals surface area contributed by atoms with Gasteiger partial charge < -0.3 is 9.63 Å². The van der Waals surface area contributed by atoms with Crippen LogP contribution < -0.4 is 4.72 Å². The molecule has 18 heavy (non-hydrogen) atoms. The Bertz CT molecular complexity index is 515. The van der Waals surface area contributed by atoms with E-state index >= 15 is 0 Å². The molecule has 1 aromatic rings. The Kier molecular flexibility index (Phi) is 4.47. The molecule has 0 aromatic carbocycles. The van der Waals surface area contributed by atoms with Gasteiger partial charge in [-0.2, -0.15) is 4.72 Å². The molecule has 8 heteroatoms. The zero-order chi connectivity index (χ0) is 13.9. The fraction of sp³-hybridized carbons (Fsp3) is 0.600. The number of aliphatic carboxylic acids is 1. The third kappa shape index (κ3) is 3.08. The summed E-state index contributed by atoms with van der Waals surface area (Å²) in [5.41, 5.74) is 0.209. The van der Waals surface area contributed by atoms with E-state index < -0.39 is 22.0 Å². The maximum absolute atomic E-state index is 12.1. The van der Waals surface area contributed by atoms with Gasteiger partial charge in [0, 0.05) is 0 Å². The Labute approximate surface area is 105 Å². The summed E-state index contributed by atoms with van der Waals surface area (Å²) in [5, 5.41) is 12.5. The van der Waals surface area contributed by atoms with E-state index in [1.165, 1.54) is 13.8 Å². The van der Waals surface area contributed by atoms with E-state index in [0.717, 1.165) is 0 Å². The summed E-state index contributed by atoms with van der Waals surface area (Å²) in [4.78, 5) is 10.8. The Hall–Kier alpha value is -1.41. The normalized spacial score (nSPS) is 13.5. The van der Waals surface area contributed by atoms with Crippen LogP contribution in [0.1, 0.15) is 31.2 Å². The van der Waals surface area contributed by atoms with E-state index in [0.29, 0.717) is 6.42 Å². The van der Waals surface area contributed by atoms with Gasteiger partial charge in [0.25, 0.3) is 0 Å². The van der Waals surface area contributed by atoms with Crippen LogP contribution in [0, 0.1) is 13.8 Å². The molecule has 0 aliphatic heterocycles. The van der Waals surface area contributed by atoms with Gasteiger partial charge in [-0.3, -0.25) is 4.79 Å². The first-order valence-electron chi connectivity index (χ1n) is 5.47. The number of aryl methyl sites for hydroxylation is 2. The van der Waals surface area contributed by atoms with Crippen LogP contribution in [-0.2, 0) is 14.8 Å². The molecule has 0 aliphatic rings. The summed E-state index contributed by atoms with van der Waals surface area (Å²) in [5.74, 6) is -1.06. The summed E-state index contributed by atoms with van der Waals surface area (Å²) < 4.78 is 31.0. The predicted molar refractivity (Wildman–Crippen MR) is 62.6 cm³/mol. The van der Waals surface area contributed by atoms with Gasteiger partial charge in [-0.15, -0.1) is 0 Å². The molecule has 0 fully saturated rings. The van der Waals surface area contributed by atoms with Crippen molar-refractivity contribution < 1.29 is 22.8 Å². The number of carbonyl (C=O) groups is 1. The van der Waals surface area contributed by atoms with Crippen LogP contribution in [0.25, 0.3) is 0 Å². The van der Waals surface area contributed by atoms with Crippen LogP contribution in [0.3, 0.4) is 0 Å². The molecule has 1 atom stereocenters. The molecule has 2 N–H and O–H groups in total. The first-order valence-corrected chi connectivity index (χ1v) is 6.96.